The molecule has 0 radical (unpaired) electrons. The van der Waals surface area contributed by atoms with E-state index in [4.69, 9.17) is 14.2 Å². The van der Waals surface area contributed by atoms with Gasteiger partial charge in [0, 0.05) is 24.4 Å². The third-order valence-electron chi connectivity index (χ3n) is 6.21. The van der Waals surface area contributed by atoms with Gasteiger partial charge in [0.1, 0.15) is 17.0 Å². The Bertz CT molecular complexity index is 1280. The van der Waals surface area contributed by atoms with Crippen LogP contribution in [0.5, 0.6) is 5.75 Å². The number of benzene rings is 2. The number of amides is 1. The molecule has 8 nitrogen and oxygen atoms in total. The van der Waals surface area contributed by atoms with Crippen LogP contribution in [-0.2, 0) is 19.9 Å². The number of pyridine rings is 1. The first-order valence-corrected chi connectivity index (χ1v) is 11.4. The number of nitrogens with zero attached hydrogens (tertiary/aromatic N) is 2. The van der Waals surface area contributed by atoms with Gasteiger partial charge < -0.3 is 14.2 Å². The molecule has 0 saturated carbocycles. The lowest BCUT2D eigenvalue weighted by molar-refractivity contribution is -0.202. The quantitative estimate of drug-likeness (QED) is 0.262. The molecule has 0 unspecified atom stereocenters. The van der Waals surface area contributed by atoms with Crippen molar-refractivity contribution in [1.82, 2.24) is 10.4 Å². The zero-order valence-corrected chi connectivity index (χ0v) is 20.5. The molecule has 186 valence electrons. The lowest BCUT2D eigenvalue weighted by Crippen LogP contribution is -2.48. The van der Waals surface area contributed by atoms with Gasteiger partial charge in [-0.2, -0.15) is 5.17 Å². The highest BCUT2D eigenvalue weighted by Gasteiger charge is 2.41. The lowest BCUT2D eigenvalue weighted by Gasteiger charge is -2.40. The van der Waals surface area contributed by atoms with E-state index < -0.39 is 11.5 Å². The van der Waals surface area contributed by atoms with Crippen LogP contribution in [-0.4, -0.2) is 43.5 Å². The van der Waals surface area contributed by atoms with Crippen LogP contribution in [0.1, 0.15) is 16.7 Å². The summed E-state index contributed by atoms with van der Waals surface area (Å²) in [7, 11) is 3.09. The molecule has 2 heterocycles. The molecular formula is C28H29N3O5. The second kappa shape index (κ2) is 10.7. The fraction of sp³-hybridized carbons (Fsp3) is 0.214. The van der Waals surface area contributed by atoms with Crippen LogP contribution in [0, 0.1) is 6.92 Å². The van der Waals surface area contributed by atoms with Crippen LogP contribution in [0.2, 0.25) is 0 Å². The van der Waals surface area contributed by atoms with Crippen molar-refractivity contribution in [2.24, 2.45) is 0 Å². The number of methoxy groups -OCH3 is 2. The molecule has 1 aliphatic rings. The number of rotatable bonds is 9. The number of nitrogens with one attached hydrogen (secondary N) is 1. The summed E-state index contributed by atoms with van der Waals surface area (Å²) >= 11 is 0. The van der Waals surface area contributed by atoms with E-state index >= 15 is 0 Å². The summed E-state index contributed by atoms with van der Waals surface area (Å²) < 4.78 is 16.3. The van der Waals surface area contributed by atoms with E-state index in [0.29, 0.717) is 24.1 Å². The second-order valence-corrected chi connectivity index (χ2v) is 8.44. The largest absolute Gasteiger partial charge is 0.494 e. The molecule has 0 atom stereocenters. The predicted octanol–water partition coefficient (Wildman–Crippen LogP) is 4.43. The van der Waals surface area contributed by atoms with Gasteiger partial charge in [0.15, 0.2) is 0 Å². The zero-order valence-electron chi connectivity index (χ0n) is 20.5. The number of aryl methyl sites for hydroxylation is 1. The van der Waals surface area contributed by atoms with Crippen LogP contribution in [0.4, 0.5) is 5.69 Å². The molecule has 1 aliphatic heterocycles. The Morgan fingerprint density at radius 2 is 2.00 bits per heavy atom. The first-order valence-electron chi connectivity index (χ1n) is 11.4. The Hall–Kier alpha value is -3.98. The number of hydrogen-bond donors (Lipinski definition) is 2. The number of anilines is 1. The van der Waals surface area contributed by atoms with Crippen molar-refractivity contribution in [3.8, 4) is 17.0 Å². The summed E-state index contributed by atoms with van der Waals surface area (Å²) in [5.74, 6) is -0.211. The third-order valence-corrected chi connectivity index (χ3v) is 6.21. The van der Waals surface area contributed by atoms with Crippen molar-refractivity contribution in [1.29, 1.82) is 0 Å². The molecular weight excluding hydrogens is 458 g/mol. The van der Waals surface area contributed by atoms with E-state index in [9.17, 15) is 10.0 Å². The fourth-order valence-corrected chi connectivity index (χ4v) is 3.96. The zero-order chi connectivity index (χ0) is 25.7. The van der Waals surface area contributed by atoms with Crippen molar-refractivity contribution >= 4 is 17.7 Å². The van der Waals surface area contributed by atoms with Gasteiger partial charge in [0.05, 0.1) is 26.0 Å². The number of aromatic nitrogens is 1. The van der Waals surface area contributed by atoms with Crippen molar-refractivity contribution in [3.05, 3.63) is 95.7 Å². The van der Waals surface area contributed by atoms with Gasteiger partial charge in [0.2, 0.25) is 0 Å². The molecule has 4 rings (SSSR count). The van der Waals surface area contributed by atoms with Crippen molar-refractivity contribution in [2.75, 3.05) is 32.6 Å². The van der Waals surface area contributed by atoms with Gasteiger partial charge in [-0.3, -0.25) is 15.0 Å². The smallest absolute Gasteiger partial charge is 0.271 e. The Kier molecular flexibility index (Phi) is 7.49. The Morgan fingerprint density at radius 1 is 1.19 bits per heavy atom. The number of carbonyl (C=O) groups excluding carboxylic acids is 1. The molecule has 0 bridgehead atoms. The monoisotopic (exact) mass is 487 g/mol. The highest BCUT2D eigenvalue weighted by molar-refractivity contribution is 5.97. The summed E-state index contributed by atoms with van der Waals surface area (Å²) in [4.78, 5) is 17.3. The SMILES string of the molecule is C=C(/C=C\c1c(C)cccc1-c1ccccn1)C(=O)NN(O)c1cc(C2(OC)COC2)ccc1OC. The molecule has 2 N–H and O–H groups in total. The standard InChI is InChI=1S/C28H29N3O5/c1-19-8-7-9-23(24-10-5-6-15-29-24)22(19)13-11-20(2)27(32)30-31(33)25-16-21(12-14-26(25)34-3)28(35-4)17-36-18-28/h5-16,33H,2,17-18H2,1,3-4H3,(H,30,32)/b13-11-. The Morgan fingerprint density at radius 3 is 2.64 bits per heavy atom. The topological polar surface area (TPSA) is 93.2 Å². The molecule has 1 fully saturated rings. The van der Waals surface area contributed by atoms with Gasteiger partial charge >= 0.3 is 0 Å². The number of hydrogen-bond acceptors (Lipinski definition) is 7. The molecule has 36 heavy (non-hydrogen) atoms. The van der Waals surface area contributed by atoms with E-state index in [1.165, 1.54) is 7.11 Å². The molecule has 1 aromatic heterocycles. The fourth-order valence-electron chi connectivity index (χ4n) is 3.96. The van der Waals surface area contributed by atoms with E-state index in [0.717, 1.165) is 27.9 Å². The molecule has 1 amide bonds. The number of carbonyl (C=O) groups is 1. The number of ether oxygens (including phenoxy) is 3. The number of hydrazine groups is 1. The first-order chi connectivity index (χ1) is 17.4. The Labute approximate surface area is 210 Å². The Balaban J connectivity index is 1.52. The maximum Gasteiger partial charge on any atom is 0.271 e. The third kappa shape index (κ3) is 5.01. The summed E-state index contributed by atoms with van der Waals surface area (Å²) in [5, 5.41) is 11.3. The van der Waals surface area contributed by atoms with Crippen molar-refractivity contribution in [2.45, 2.75) is 12.5 Å². The van der Waals surface area contributed by atoms with Crippen molar-refractivity contribution < 1.29 is 24.2 Å². The van der Waals surface area contributed by atoms with Crippen LogP contribution >= 0.6 is 0 Å². The van der Waals surface area contributed by atoms with Gasteiger partial charge in [-0.05, 0) is 54.0 Å². The molecule has 0 aliphatic carbocycles. The lowest BCUT2D eigenvalue weighted by atomic mass is 9.91. The molecule has 8 heteroatoms. The first kappa shape index (κ1) is 25.1. The van der Waals surface area contributed by atoms with Crippen LogP contribution in [0.3, 0.4) is 0 Å². The summed E-state index contributed by atoms with van der Waals surface area (Å²) in [6, 6.07) is 16.9. The normalized spacial score (nSPS) is 14.2. The maximum absolute atomic E-state index is 12.8. The van der Waals surface area contributed by atoms with Crippen LogP contribution in [0.15, 0.2) is 79.0 Å². The highest BCUT2D eigenvalue weighted by Crippen LogP contribution is 2.38. The molecule has 1 saturated heterocycles. The van der Waals surface area contributed by atoms with E-state index in [1.54, 1.807) is 31.5 Å². The van der Waals surface area contributed by atoms with Gasteiger partial charge in [-0.25, -0.2) is 5.43 Å². The highest BCUT2D eigenvalue weighted by atomic mass is 16.6. The van der Waals surface area contributed by atoms with Crippen molar-refractivity contribution in [3.63, 3.8) is 0 Å². The van der Waals surface area contributed by atoms with Gasteiger partial charge in [0.25, 0.3) is 5.91 Å². The van der Waals surface area contributed by atoms with E-state index in [2.05, 4.69) is 17.0 Å². The summed E-state index contributed by atoms with van der Waals surface area (Å²) in [6.07, 6.45) is 5.17. The minimum Gasteiger partial charge on any atom is -0.494 e. The maximum atomic E-state index is 12.8. The average Bonchev–Trinajstić information content (AvgIpc) is 2.87. The van der Waals surface area contributed by atoms with Crippen LogP contribution < -0.4 is 15.3 Å². The predicted molar refractivity (Wildman–Crippen MR) is 137 cm³/mol. The van der Waals surface area contributed by atoms with Gasteiger partial charge in [-0.15, -0.1) is 0 Å². The van der Waals surface area contributed by atoms with E-state index in [-0.39, 0.29) is 11.3 Å². The van der Waals surface area contributed by atoms with Gasteiger partial charge in [-0.1, -0.05) is 43.0 Å². The minimum absolute atomic E-state index is 0.153. The van der Waals surface area contributed by atoms with Crippen LogP contribution in [0.25, 0.3) is 17.3 Å². The van der Waals surface area contributed by atoms with E-state index in [1.807, 2.05) is 55.5 Å². The molecule has 0 spiro atoms. The minimum atomic E-state index is -0.600. The second-order valence-electron chi connectivity index (χ2n) is 8.44. The molecule has 3 aromatic rings. The molecule has 2 aromatic carbocycles. The summed E-state index contributed by atoms with van der Waals surface area (Å²) in [5.41, 5.74) is 6.75. The average molecular weight is 488 g/mol. The summed E-state index contributed by atoms with van der Waals surface area (Å²) in [6.45, 7) is 6.65.